The van der Waals surface area contributed by atoms with E-state index >= 15 is 0 Å². The van der Waals surface area contributed by atoms with Gasteiger partial charge in [0.15, 0.2) is 18.3 Å². The lowest BCUT2D eigenvalue weighted by Crippen LogP contribution is -2.23. The Hall–Kier alpha value is -3.47. The Bertz CT molecular complexity index is 1160. The Kier molecular flexibility index (Phi) is 7.32. The third kappa shape index (κ3) is 6.07. The molecule has 0 aliphatic rings. The molecule has 3 rings (SSSR count). The number of benzene rings is 2. The predicted octanol–water partition coefficient (Wildman–Crippen LogP) is 5.41. The van der Waals surface area contributed by atoms with Crippen LogP contribution in [0.5, 0.6) is 0 Å². The number of anilines is 1. The minimum absolute atomic E-state index is 0.0139. The molecule has 33 heavy (non-hydrogen) atoms. The fourth-order valence-electron chi connectivity index (χ4n) is 2.76. The summed E-state index contributed by atoms with van der Waals surface area (Å²) >= 11 is 5.74. The molecule has 174 valence electrons. The van der Waals surface area contributed by atoms with Crippen molar-refractivity contribution < 1.29 is 40.7 Å². The molecular formula is C21H14ClF5N2O4. The number of para-hydroxylation sites is 1. The van der Waals surface area contributed by atoms with Crippen LogP contribution in [0.15, 0.2) is 47.0 Å². The van der Waals surface area contributed by atoms with E-state index in [0.29, 0.717) is 0 Å². The van der Waals surface area contributed by atoms with Crippen LogP contribution in [0.2, 0.25) is 5.02 Å². The van der Waals surface area contributed by atoms with Gasteiger partial charge in [-0.15, -0.1) is 0 Å². The van der Waals surface area contributed by atoms with Crippen LogP contribution in [-0.4, -0.2) is 23.5 Å². The highest BCUT2D eigenvalue weighted by atomic mass is 35.5. The molecule has 1 aromatic heterocycles. The summed E-state index contributed by atoms with van der Waals surface area (Å²) in [6.07, 6.45) is -4.09. The molecule has 2 aromatic carbocycles. The SMILES string of the molecule is O=C(COC(=O)CCc1ncc(-c2c(F)cccc2F)o1)Nc1c(Cl)cccc1C(F)(F)F. The second-order valence-corrected chi connectivity index (χ2v) is 6.99. The number of aryl methyl sites for hydroxylation is 1. The van der Waals surface area contributed by atoms with E-state index in [9.17, 15) is 31.5 Å². The summed E-state index contributed by atoms with van der Waals surface area (Å²) in [4.78, 5) is 27.6. The largest absolute Gasteiger partial charge is 0.456 e. The number of carbonyl (C=O) groups is 2. The molecule has 1 heterocycles. The third-order valence-corrected chi connectivity index (χ3v) is 4.57. The highest BCUT2D eigenvalue weighted by molar-refractivity contribution is 6.34. The van der Waals surface area contributed by atoms with Gasteiger partial charge in [0.1, 0.15) is 11.6 Å². The minimum Gasteiger partial charge on any atom is -0.456 e. The molecule has 0 bridgehead atoms. The summed E-state index contributed by atoms with van der Waals surface area (Å²) in [7, 11) is 0. The van der Waals surface area contributed by atoms with E-state index in [1.54, 1.807) is 0 Å². The zero-order valence-electron chi connectivity index (χ0n) is 16.5. The van der Waals surface area contributed by atoms with E-state index in [4.69, 9.17) is 20.8 Å². The van der Waals surface area contributed by atoms with Crippen molar-refractivity contribution >= 4 is 29.2 Å². The maximum absolute atomic E-state index is 13.8. The van der Waals surface area contributed by atoms with Gasteiger partial charge in [-0.2, -0.15) is 13.2 Å². The van der Waals surface area contributed by atoms with Crippen LogP contribution >= 0.6 is 11.6 Å². The van der Waals surface area contributed by atoms with Gasteiger partial charge < -0.3 is 14.5 Å². The molecular weight excluding hydrogens is 475 g/mol. The number of aromatic nitrogens is 1. The van der Waals surface area contributed by atoms with Crippen LogP contribution in [0.25, 0.3) is 11.3 Å². The molecule has 0 aliphatic heterocycles. The van der Waals surface area contributed by atoms with Gasteiger partial charge in [0.25, 0.3) is 5.91 Å². The summed E-state index contributed by atoms with van der Waals surface area (Å²) in [5.41, 5.74) is -2.21. The standard InChI is InChI=1S/C21H14ClF5N2O4/c22-12-4-1-3-11(21(25,26)27)20(12)29-16(30)10-32-18(31)8-7-17-28-9-15(33-17)19-13(23)5-2-6-14(19)24/h1-6,9H,7-8,10H2,(H,29,30). The summed E-state index contributed by atoms with van der Waals surface area (Å²) < 4.78 is 76.7. The van der Waals surface area contributed by atoms with Gasteiger partial charge >= 0.3 is 12.1 Å². The molecule has 1 amide bonds. The number of hydrogen-bond donors (Lipinski definition) is 1. The molecule has 0 fully saturated rings. The Morgan fingerprint density at radius 1 is 1.09 bits per heavy atom. The van der Waals surface area contributed by atoms with Crippen LogP contribution in [0.4, 0.5) is 27.6 Å². The maximum atomic E-state index is 13.8. The first-order valence-corrected chi connectivity index (χ1v) is 9.64. The second-order valence-electron chi connectivity index (χ2n) is 6.58. The number of halogens is 6. The Morgan fingerprint density at radius 3 is 2.42 bits per heavy atom. The number of nitrogens with one attached hydrogen (secondary N) is 1. The number of rotatable bonds is 7. The highest BCUT2D eigenvalue weighted by Crippen LogP contribution is 2.38. The van der Waals surface area contributed by atoms with E-state index < -0.39 is 53.1 Å². The molecule has 0 aliphatic carbocycles. The maximum Gasteiger partial charge on any atom is 0.418 e. The van der Waals surface area contributed by atoms with Crippen molar-refractivity contribution in [3.8, 4) is 11.3 Å². The fourth-order valence-corrected chi connectivity index (χ4v) is 2.99. The van der Waals surface area contributed by atoms with Crippen molar-refractivity contribution in [3.05, 3.63) is 70.7 Å². The number of nitrogens with zero attached hydrogens (tertiary/aromatic N) is 1. The molecule has 12 heteroatoms. The first-order chi connectivity index (χ1) is 15.6. The average Bonchev–Trinajstić information content (AvgIpc) is 3.20. The molecule has 0 radical (unpaired) electrons. The number of oxazole rings is 1. The van der Waals surface area contributed by atoms with Crippen LogP contribution in [0.1, 0.15) is 17.9 Å². The first-order valence-electron chi connectivity index (χ1n) is 9.26. The highest BCUT2D eigenvalue weighted by Gasteiger charge is 2.34. The van der Waals surface area contributed by atoms with Gasteiger partial charge in [-0.3, -0.25) is 9.59 Å². The first kappa shape index (κ1) is 24.2. The van der Waals surface area contributed by atoms with Gasteiger partial charge in [0.2, 0.25) is 0 Å². The molecule has 0 spiro atoms. The molecule has 0 saturated heterocycles. The number of carbonyl (C=O) groups excluding carboxylic acids is 2. The summed E-state index contributed by atoms with van der Waals surface area (Å²) in [5.74, 6) is -3.80. The molecule has 1 N–H and O–H groups in total. The van der Waals surface area contributed by atoms with Crippen molar-refractivity contribution in [2.24, 2.45) is 0 Å². The zero-order chi connectivity index (χ0) is 24.2. The van der Waals surface area contributed by atoms with Crippen molar-refractivity contribution in [2.45, 2.75) is 19.0 Å². The lowest BCUT2D eigenvalue weighted by Gasteiger charge is -2.15. The normalized spacial score (nSPS) is 11.3. The molecule has 6 nitrogen and oxygen atoms in total. The van der Waals surface area contributed by atoms with Crippen LogP contribution < -0.4 is 5.32 Å². The number of ether oxygens (including phenoxy) is 1. The van der Waals surface area contributed by atoms with Crippen LogP contribution in [0.3, 0.4) is 0 Å². The van der Waals surface area contributed by atoms with Gasteiger partial charge in [-0.1, -0.05) is 23.7 Å². The minimum atomic E-state index is -4.76. The predicted molar refractivity (Wildman–Crippen MR) is 106 cm³/mol. The van der Waals surface area contributed by atoms with E-state index in [2.05, 4.69) is 4.98 Å². The topological polar surface area (TPSA) is 81.4 Å². The fraction of sp³-hybridized carbons (Fsp3) is 0.190. The van der Waals surface area contributed by atoms with Crippen molar-refractivity contribution in [3.63, 3.8) is 0 Å². The molecule has 0 saturated carbocycles. The van der Waals surface area contributed by atoms with E-state index in [0.717, 1.165) is 36.5 Å². The summed E-state index contributed by atoms with van der Waals surface area (Å²) in [5, 5.41) is 1.64. The average molecular weight is 489 g/mol. The Balaban J connectivity index is 1.53. The van der Waals surface area contributed by atoms with Crippen LogP contribution in [-0.2, 0) is 26.9 Å². The van der Waals surface area contributed by atoms with E-state index in [1.165, 1.54) is 6.07 Å². The quantitative estimate of drug-likeness (QED) is 0.355. The third-order valence-electron chi connectivity index (χ3n) is 4.25. The number of hydrogen-bond acceptors (Lipinski definition) is 5. The van der Waals surface area contributed by atoms with E-state index in [1.807, 2.05) is 5.32 Å². The lowest BCUT2D eigenvalue weighted by atomic mass is 10.1. The molecule has 0 atom stereocenters. The van der Waals surface area contributed by atoms with Crippen molar-refractivity contribution in [2.75, 3.05) is 11.9 Å². The number of esters is 1. The van der Waals surface area contributed by atoms with Crippen molar-refractivity contribution in [1.82, 2.24) is 4.98 Å². The van der Waals surface area contributed by atoms with Gasteiger partial charge in [-0.05, 0) is 24.3 Å². The summed E-state index contributed by atoms with van der Waals surface area (Å²) in [6, 6.07) is 6.26. The van der Waals surface area contributed by atoms with Crippen molar-refractivity contribution in [1.29, 1.82) is 0 Å². The second kappa shape index (κ2) is 9.99. The monoisotopic (exact) mass is 488 g/mol. The number of alkyl halides is 3. The smallest absolute Gasteiger partial charge is 0.418 e. The molecule has 3 aromatic rings. The Morgan fingerprint density at radius 2 is 1.76 bits per heavy atom. The van der Waals surface area contributed by atoms with E-state index in [-0.39, 0.29) is 29.5 Å². The zero-order valence-corrected chi connectivity index (χ0v) is 17.3. The van der Waals surface area contributed by atoms with Crippen LogP contribution in [0, 0.1) is 11.6 Å². The summed E-state index contributed by atoms with van der Waals surface area (Å²) in [6.45, 7) is -0.862. The Labute approximate surface area is 188 Å². The number of amides is 1. The lowest BCUT2D eigenvalue weighted by molar-refractivity contribution is -0.147. The van der Waals surface area contributed by atoms with Gasteiger partial charge in [0, 0.05) is 6.42 Å². The van der Waals surface area contributed by atoms with Gasteiger partial charge in [0.05, 0.1) is 34.5 Å². The van der Waals surface area contributed by atoms with Gasteiger partial charge in [-0.25, -0.2) is 13.8 Å². The molecule has 0 unspecified atom stereocenters.